The van der Waals surface area contributed by atoms with Gasteiger partial charge in [0.25, 0.3) is 10.0 Å². The Kier molecular flexibility index (Phi) is 7.45. The molecule has 0 unspecified atom stereocenters. The molecule has 0 aliphatic heterocycles. The highest BCUT2D eigenvalue weighted by molar-refractivity contribution is 7.92. The molecule has 2 N–H and O–H groups in total. The topological polar surface area (TPSA) is 107 Å². The number of benzene rings is 2. The molecule has 3 aromatic rings. The Balaban J connectivity index is 1.45. The summed E-state index contributed by atoms with van der Waals surface area (Å²) in [4.78, 5) is 16.1. The summed E-state index contributed by atoms with van der Waals surface area (Å²) in [5.74, 6) is 1.51. The summed E-state index contributed by atoms with van der Waals surface area (Å²) in [5.41, 5.74) is 0.512. The summed E-state index contributed by atoms with van der Waals surface area (Å²) in [7, 11) is -2.16. The SMILES string of the molecule is COc1ccc(OCCCC(=O)Nc2ccc(S(=O)(=O)Nc3ccccn3)cc2)cc1. The lowest BCUT2D eigenvalue weighted by atomic mass is 10.2. The number of nitrogens with zero attached hydrogens (tertiary/aromatic N) is 1. The molecule has 162 valence electrons. The van der Waals surface area contributed by atoms with E-state index in [4.69, 9.17) is 9.47 Å². The van der Waals surface area contributed by atoms with Gasteiger partial charge in [-0.15, -0.1) is 0 Å². The Labute approximate surface area is 181 Å². The molecule has 2 aromatic carbocycles. The number of rotatable bonds is 10. The van der Waals surface area contributed by atoms with Crippen LogP contribution in [0.3, 0.4) is 0 Å². The summed E-state index contributed by atoms with van der Waals surface area (Å²) < 4.78 is 37.9. The van der Waals surface area contributed by atoms with E-state index in [0.717, 1.165) is 5.75 Å². The molecule has 0 aliphatic rings. The number of amides is 1. The third-order valence-electron chi connectivity index (χ3n) is 4.23. The maximum absolute atomic E-state index is 12.4. The number of carbonyl (C=O) groups excluding carboxylic acids is 1. The summed E-state index contributed by atoms with van der Waals surface area (Å²) in [6, 6.07) is 18.1. The van der Waals surface area contributed by atoms with Crippen molar-refractivity contribution in [1.29, 1.82) is 0 Å². The third kappa shape index (κ3) is 6.71. The first-order chi connectivity index (χ1) is 15.0. The minimum atomic E-state index is -3.76. The van der Waals surface area contributed by atoms with Gasteiger partial charge in [-0.3, -0.25) is 9.52 Å². The van der Waals surface area contributed by atoms with E-state index in [9.17, 15) is 13.2 Å². The summed E-state index contributed by atoms with van der Waals surface area (Å²) in [6.07, 6.45) is 2.31. The average molecular weight is 442 g/mol. The van der Waals surface area contributed by atoms with Crippen molar-refractivity contribution in [2.24, 2.45) is 0 Å². The van der Waals surface area contributed by atoms with Gasteiger partial charge < -0.3 is 14.8 Å². The van der Waals surface area contributed by atoms with Crippen LogP contribution in [0.5, 0.6) is 11.5 Å². The molecule has 31 heavy (non-hydrogen) atoms. The first-order valence-electron chi connectivity index (χ1n) is 9.57. The van der Waals surface area contributed by atoms with Gasteiger partial charge in [-0.1, -0.05) is 6.07 Å². The van der Waals surface area contributed by atoms with Crippen molar-refractivity contribution in [3.05, 3.63) is 72.9 Å². The normalized spacial score (nSPS) is 10.9. The third-order valence-corrected chi connectivity index (χ3v) is 5.60. The second-order valence-corrected chi connectivity index (χ2v) is 8.20. The zero-order valence-corrected chi connectivity index (χ0v) is 17.8. The number of ether oxygens (including phenoxy) is 2. The van der Waals surface area contributed by atoms with E-state index in [1.165, 1.54) is 18.3 Å². The second kappa shape index (κ2) is 10.4. The van der Waals surface area contributed by atoms with Crippen molar-refractivity contribution in [3.63, 3.8) is 0 Å². The lowest BCUT2D eigenvalue weighted by Gasteiger charge is -2.09. The second-order valence-electron chi connectivity index (χ2n) is 6.52. The number of aromatic nitrogens is 1. The largest absolute Gasteiger partial charge is 0.497 e. The molecule has 8 nitrogen and oxygen atoms in total. The van der Waals surface area contributed by atoms with Gasteiger partial charge in [0.2, 0.25) is 5.91 Å². The fourth-order valence-electron chi connectivity index (χ4n) is 2.66. The molecule has 0 atom stereocenters. The minimum Gasteiger partial charge on any atom is -0.497 e. The van der Waals surface area contributed by atoms with Gasteiger partial charge >= 0.3 is 0 Å². The molecule has 9 heteroatoms. The van der Waals surface area contributed by atoms with Crippen LogP contribution in [0.25, 0.3) is 0 Å². The van der Waals surface area contributed by atoms with Gasteiger partial charge in [-0.2, -0.15) is 0 Å². The fraction of sp³-hybridized carbons (Fsp3) is 0.182. The number of carbonyl (C=O) groups is 1. The zero-order valence-electron chi connectivity index (χ0n) is 16.9. The van der Waals surface area contributed by atoms with E-state index in [1.54, 1.807) is 61.7 Å². The van der Waals surface area contributed by atoms with Gasteiger partial charge in [-0.05, 0) is 67.1 Å². The highest BCUT2D eigenvalue weighted by Crippen LogP contribution is 2.18. The number of pyridine rings is 1. The van der Waals surface area contributed by atoms with Crippen LogP contribution < -0.4 is 19.5 Å². The molecule has 1 aromatic heterocycles. The number of hydrogen-bond acceptors (Lipinski definition) is 6. The Morgan fingerprint density at radius 1 is 0.968 bits per heavy atom. The van der Waals surface area contributed by atoms with Crippen LogP contribution >= 0.6 is 0 Å². The first-order valence-corrected chi connectivity index (χ1v) is 11.1. The summed E-state index contributed by atoms with van der Waals surface area (Å²) in [5, 5.41) is 2.75. The van der Waals surface area contributed by atoms with Crippen LogP contribution in [0.15, 0.2) is 77.8 Å². The van der Waals surface area contributed by atoms with Crippen LogP contribution in [0.2, 0.25) is 0 Å². The molecular formula is C22H23N3O5S. The maximum atomic E-state index is 12.4. The predicted molar refractivity (Wildman–Crippen MR) is 118 cm³/mol. The summed E-state index contributed by atoms with van der Waals surface area (Å²) in [6.45, 7) is 0.399. The van der Waals surface area contributed by atoms with Crippen LogP contribution in [0.4, 0.5) is 11.5 Å². The van der Waals surface area contributed by atoms with E-state index in [0.29, 0.717) is 24.5 Å². The van der Waals surface area contributed by atoms with Crippen LogP contribution in [0, 0.1) is 0 Å². The monoisotopic (exact) mass is 441 g/mol. The Bertz CT molecular complexity index is 1090. The van der Waals surface area contributed by atoms with Gasteiger partial charge in [-0.25, -0.2) is 13.4 Å². The van der Waals surface area contributed by atoms with E-state index in [1.807, 2.05) is 0 Å². The van der Waals surface area contributed by atoms with Crippen molar-refractivity contribution < 1.29 is 22.7 Å². The van der Waals surface area contributed by atoms with Gasteiger partial charge in [0.1, 0.15) is 17.3 Å². The molecule has 3 rings (SSSR count). The number of sulfonamides is 1. The van der Waals surface area contributed by atoms with Crippen LogP contribution in [0.1, 0.15) is 12.8 Å². The lowest BCUT2D eigenvalue weighted by Crippen LogP contribution is -2.15. The van der Waals surface area contributed by atoms with Crippen molar-refractivity contribution in [2.45, 2.75) is 17.7 Å². The van der Waals surface area contributed by atoms with Gasteiger partial charge in [0, 0.05) is 18.3 Å². The van der Waals surface area contributed by atoms with Crippen molar-refractivity contribution in [2.75, 3.05) is 23.8 Å². The van der Waals surface area contributed by atoms with E-state index in [-0.39, 0.29) is 23.0 Å². The van der Waals surface area contributed by atoms with Gasteiger partial charge in [0.05, 0.1) is 18.6 Å². The average Bonchev–Trinajstić information content (AvgIpc) is 2.78. The Morgan fingerprint density at radius 3 is 2.32 bits per heavy atom. The van der Waals surface area contributed by atoms with Crippen molar-refractivity contribution >= 4 is 27.4 Å². The van der Waals surface area contributed by atoms with E-state index >= 15 is 0 Å². The molecule has 0 radical (unpaired) electrons. The van der Waals surface area contributed by atoms with Crippen LogP contribution in [-0.4, -0.2) is 33.0 Å². The molecule has 0 aliphatic carbocycles. The van der Waals surface area contributed by atoms with Crippen molar-refractivity contribution in [1.82, 2.24) is 4.98 Å². The van der Waals surface area contributed by atoms with Gasteiger partial charge in [0.15, 0.2) is 0 Å². The Morgan fingerprint density at radius 2 is 1.68 bits per heavy atom. The minimum absolute atomic E-state index is 0.0732. The highest BCUT2D eigenvalue weighted by Gasteiger charge is 2.14. The number of methoxy groups -OCH3 is 1. The van der Waals surface area contributed by atoms with Crippen LogP contribution in [-0.2, 0) is 14.8 Å². The van der Waals surface area contributed by atoms with Crippen molar-refractivity contribution in [3.8, 4) is 11.5 Å². The summed E-state index contributed by atoms with van der Waals surface area (Å²) >= 11 is 0. The maximum Gasteiger partial charge on any atom is 0.263 e. The molecular weight excluding hydrogens is 418 g/mol. The predicted octanol–water partition coefficient (Wildman–Crippen LogP) is 3.69. The quantitative estimate of drug-likeness (QED) is 0.465. The number of nitrogens with one attached hydrogen (secondary N) is 2. The Hall–Kier alpha value is -3.59. The van der Waals surface area contributed by atoms with E-state index < -0.39 is 10.0 Å². The first kappa shape index (κ1) is 22.1. The molecule has 0 spiro atoms. The molecule has 0 bridgehead atoms. The number of anilines is 2. The molecule has 0 saturated carbocycles. The molecule has 1 heterocycles. The molecule has 1 amide bonds. The molecule has 0 saturated heterocycles. The lowest BCUT2D eigenvalue weighted by molar-refractivity contribution is -0.116. The standard InChI is InChI=1S/C22H23N3O5S/c1-29-18-9-11-19(12-10-18)30-16-4-6-22(26)24-17-7-13-20(14-8-17)31(27,28)25-21-5-2-3-15-23-21/h2-3,5,7-15H,4,6,16H2,1H3,(H,23,25)(H,24,26). The molecule has 0 fully saturated rings. The smallest absolute Gasteiger partial charge is 0.263 e. The fourth-order valence-corrected chi connectivity index (χ4v) is 3.66. The highest BCUT2D eigenvalue weighted by atomic mass is 32.2. The number of hydrogen-bond donors (Lipinski definition) is 2. The van der Waals surface area contributed by atoms with E-state index in [2.05, 4.69) is 15.0 Å². The zero-order chi connectivity index (χ0) is 22.1.